The van der Waals surface area contributed by atoms with Crippen LogP contribution in [-0.4, -0.2) is 49.3 Å². The molecule has 83 heavy (non-hydrogen) atoms. The largest absolute Gasteiger partial charge is 0.472 e. The molecule has 0 radical (unpaired) electrons. The highest BCUT2D eigenvalue weighted by Crippen LogP contribution is 2.43. The van der Waals surface area contributed by atoms with Gasteiger partial charge in [0, 0.05) is 19.4 Å². The van der Waals surface area contributed by atoms with E-state index in [4.69, 9.17) is 24.3 Å². The number of carbonyl (C=O) groups excluding carboxylic acids is 2. The molecule has 2 unspecified atom stereocenters. The number of phosphoric acid groups is 1. The smallest absolute Gasteiger partial charge is 0.462 e. The quantitative estimate of drug-likeness (QED) is 0.0264. The lowest BCUT2D eigenvalue weighted by atomic mass is 10.0. The van der Waals surface area contributed by atoms with Gasteiger partial charge >= 0.3 is 19.8 Å². The molecule has 0 amide bonds. The number of esters is 2. The van der Waals surface area contributed by atoms with Crippen LogP contribution in [0.15, 0.2) is 109 Å². The number of rotatable bonds is 64. The Morgan fingerprint density at radius 1 is 0.373 bits per heavy atom. The van der Waals surface area contributed by atoms with Crippen LogP contribution in [0.4, 0.5) is 0 Å². The van der Waals surface area contributed by atoms with Gasteiger partial charge in [0.25, 0.3) is 0 Å². The zero-order chi connectivity index (χ0) is 60.1. The third kappa shape index (κ3) is 67.7. The summed E-state index contributed by atoms with van der Waals surface area (Å²) in [5.74, 6) is -0.844. The highest BCUT2D eigenvalue weighted by Gasteiger charge is 2.26. The lowest BCUT2D eigenvalue weighted by molar-refractivity contribution is -0.161. The number of nitrogens with two attached hydrogens (primary N) is 1. The van der Waals surface area contributed by atoms with Crippen molar-refractivity contribution in [3.8, 4) is 0 Å². The van der Waals surface area contributed by atoms with Gasteiger partial charge in [-0.15, -0.1) is 0 Å². The minimum Gasteiger partial charge on any atom is -0.462 e. The van der Waals surface area contributed by atoms with Crippen molar-refractivity contribution in [3.63, 3.8) is 0 Å². The van der Waals surface area contributed by atoms with Gasteiger partial charge in [0.2, 0.25) is 0 Å². The van der Waals surface area contributed by atoms with Crippen molar-refractivity contribution < 1.29 is 37.6 Å². The maximum absolute atomic E-state index is 12.8. The molecule has 0 aromatic rings. The van der Waals surface area contributed by atoms with E-state index < -0.39 is 26.5 Å². The van der Waals surface area contributed by atoms with Gasteiger partial charge in [-0.3, -0.25) is 18.6 Å². The molecule has 0 aliphatic carbocycles. The minimum atomic E-state index is -4.40. The van der Waals surface area contributed by atoms with Gasteiger partial charge in [-0.1, -0.05) is 322 Å². The fourth-order valence-corrected chi connectivity index (χ4v) is 10.4. The number of unbranched alkanes of at least 4 members (excludes halogenated alkanes) is 33. The van der Waals surface area contributed by atoms with Gasteiger partial charge in [0.15, 0.2) is 6.10 Å². The highest BCUT2D eigenvalue weighted by atomic mass is 31.2. The molecule has 0 aliphatic heterocycles. The lowest BCUT2D eigenvalue weighted by Gasteiger charge is -2.19. The van der Waals surface area contributed by atoms with Crippen LogP contribution in [0.25, 0.3) is 0 Å². The van der Waals surface area contributed by atoms with E-state index in [-0.39, 0.29) is 38.6 Å². The summed E-state index contributed by atoms with van der Waals surface area (Å²) in [6.07, 6.45) is 93.2. The summed E-state index contributed by atoms with van der Waals surface area (Å²) in [5, 5.41) is 0. The SMILES string of the molecule is CC/C=C\C/C=C\C/C=C\C/C=C\C/C=C\C/C=C\C/C=C\C/C=C\C/C=C\CCCCCCCC(=O)OC(COC(=O)CCCCCCCCCCCCCCCCCCCCCCCCCCCCCCC)COP(=O)(O)OCCN. The summed E-state index contributed by atoms with van der Waals surface area (Å²) in [6, 6.07) is 0. The average molecular weight is 1180 g/mol. The predicted molar refractivity (Wildman–Crippen MR) is 358 cm³/mol. The molecule has 3 N–H and O–H groups in total. The maximum atomic E-state index is 12.8. The zero-order valence-electron chi connectivity index (χ0n) is 53.7. The van der Waals surface area contributed by atoms with Crippen LogP contribution in [0.3, 0.4) is 0 Å². The highest BCUT2D eigenvalue weighted by molar-refractivity contribution is 7.47. The molecule has 2 atom stereocenters. The summed E-state index contributed by atoms with van der Waals surface area (Å²) in [4.78, 5) is 35.3. The molecule has 0 bridgehead atoms. The molecule has 0 aliphatic rings. The number of hydrogen-bond acceptors (Lipinski definition) is 8. The molecular weight excluding hydrogens is 1050 g/mol. The minimum absolute atomic E-state index is 0.0459. The second-order valence-electron chi connectivity index (χ2n) is 22.7. The van der Waals surface area contributed by atoms with Gasteiger partial charge in [-0.2, -0.15) is 0 Å². The van der Waals surface area contributed by atoms with Gasteiger partial charge in [0.1, 0.15) is 6.61 Å². The molecule has 0 aromatic carbocycles. The van der Waals surface area contributed by atoms with Crippen LogP contribution in [0.2, 0.25) is 0 Å². The zero-order valence-corrected chi connectivity index (χ0v) is 54.5. The molecule has 478 valence electrons. The summed E-state index contributed by atoms with van der Waals surface area (Å²) in [7, 11) is -4.40. The summed E-state index contributed by atoms with van der Waals surface area (Å²) in [5.41, 5.74) is 5.40. The molecule has 0 aromatic heterocycles. The van der Waals surface area contributed by atoms with Crippen molar-refractivity contribution >= 4 is 19.8 Å². The van der Waals surface area contributed by atoms with E-state index in [1.165, 1.54) is 167 Å². The van der Waals surface area contributed by atoms with Crippen LogP contribution in [0, 0.1) is 0 Å². The first-order valence-electron chi connectivity index (χ1n) is 34.4. The first kappa shape index (κ1) is 79.7. The van der Waals surface area contributed by atoms with Crippen LogP contribution in [0.5, 0.6) is 0 Å². The van der Waals surface area contributed by atoms with Gasteiger partial charge in [0.05, 0.1) is 13.2 Å². The van der Waals surface area contributed by atoms with Crippen molar-refractivity contribution in [3.05, 3.63) is 109 Å². The number of phosphoric ester groups is 1. The van der Waals surface area contributed by atoms with E-state index in [0.29, 0.717) is 6.42 Å². The third-order valence-electron chi connectivity index (χ3n) is 14.7. The summed E-state index contributed by atoms with van der Waals surface area (Å²) in [6.45, 7) is 3.64. The predicted octanol–water partition coefficient (Wildman–Crippen LogP) is 22.5. The topological polar surface area (TPSA) is 134 Å². The molecule has 0 rings (SSSR count). The normalized spacial score (nSPS) is 13.6. The van der Waals surface area contributed by atoms with Crippen molar-refractivity contribution in [1.29, 1.82) is 0 Å². The Morgan fingerprint density at radius 2 is 0.663 bits per heavy atom. The molecule has 9 nitrogen and oxygen atoms in total. The van der Waals surface area contributed by atoms with E-state index >= 15 is 0 Å². The van der Waals surface area contributed by atoms with E-state index in [2.05, 4.69) is 123 Å². The second kappa shape index (κ2) is 67.8. The van der Waals surface area contributed by atoms with Crippen molar-refractivity contribution in [2.75, 3.05) is 26.4 Å². The average Bonchev–Trinajstić information content (AvgIpc) is 3.49. The lowest BCUT2D eigenvalue weighted by Crippen LogP contribution is -2.29. The number of ether oxygens (including phenoxy) is 2. The number of carbonyl (C=O) groups is 2. The molecule has 0 saturated carbocycles. The first-order chi connectivity index (χ1) is 40.8. The number of allylic oxidation sites excluding steroid dienone is 18. The Balaban J connectivity index is 3.96. The molecule has 0 fully saturated rings. The van der Waals surface area contributed by atoms with E-state index in [1.807, 2.05) is 0 Å². The Morgan fingerprint density at radius 3 is 0.988 bits per heavy atom. The van der Waals surface area contributed by atoms with E-state index in [1.54, 1.807) is 0 Å². The molecule has 0 heterocycles. The Hall–Kier alpha value is -3.33. The molecular formula is C73H128NO8P. The van der Waals surface area contributed by atoms with Crippen molar-refractivity contribution in [1.82, 2.24) is 0 Å². The van der Waals surface area contributed by atoms with E-state index in [0.717, 1.165) is 109 Å². The monoisotopic (exact) mass is 1180 g/mol. The fourth-order valence-electron chi connectivity index (χ4n) is 9.63. The summed E-state index contributed by atoms with van der Waals surface area (Å²) < 4.78 is 33.1. The molecule has 0 saturated heterocycles. The van der Waals surface area contributed by atoms with E-state index in [9.17, 15) is 19.0 Å². The number of hydrogen-bond donors (Lipinski definition) is 2. The molecule has 0 spiro atoms. The van der Waals surface area contributed by atoms with Crippen molar-refractivity contribution in [2.45, 2.75) is 315 Å². The van der Waals surface area contributed by atoms with Gasteiger partial charge < -0.3 is 20.1 Å². The Labute approximate surface area is 511 Å². The van der Waals surface area contributed by atoms with Crippen molar-refractivity contribution in [2.24, 2.45) is 5.73 Å². The Bertz CT molecular complexity index is 1730. The van der Waals surface area contributed by atoms with Crippen LogP contribution in [0.1, 0.15) is 309 Å². The van der Waals surface area contributed by atoms with Crippen LogP contribution < -0.4 is 5.73 Å². The second-order valence-corrected chi connectivity index (χ2v) is 24.1. The fraction of sp³-hybridized carbons (Fsp3) is 0.726. The van der Waals surface area contributed by atoms with Crippen LogP contribution >= 0.6 is 7.82 Å². The Kier molecular flexibility index (Phi) is 65.1. The van der Waals surface area contributed by atoms with Gasteiger partial charge in [-0.05, 0) is 83.5 Å². The van der Waals surface area contributed by atoms with Gasteiger partial charge in [-0.25, -0.2) is 4.57 Å². The molecule has 10 heteroatoms. The third-order valence-corrected chi connectivity index (χ3v) is 15.7. The maximum Gasteiger partial charge on any atom is 0.472 e. The standard InChI is InChI=1S/C73H128NO8P/c1-3-5-7-9-11-13-15-17-19-21-23-25-27-29-31-33-34-35-36-38-40-42-44-46-48-50-52-54-56-58-60-62-64-66-73(76)82-71(70-81-83(77,78)80-68-67-74)69-79-72(75)65-63-61-59-57-55-53-51-49-47-45-43-41-39-37-32-30-28-26-24-22-20-18-16-14-12-10-8-6-4-2/h5,7,11,13,17,19,23,25,29,31,34-35,38,40,44,46,50,52,71H,3-4,6,8-10,12,14-16,18,20-22,24,26-28,30,32-33,36-37,39,41-43,45,47-49,51,53-70,74H2,1-2H3,(H,77,78)/b7-5-,13-11-,19-17-,25-23-,31-29-,35-34-,40-38-,46-44-,52-50-. The first-order valence-corrected chi connectivity index (χ1v) is 35.9. The summed E-state index contributed by atoms with van der Waals surface area (Å²) >= 11 is 0. The van der Waals surface area contributed by atoms with Crippen LogP contribution in [-0.2, 0) is 32.7 Å².